The summed E-state index contributed by atoms with van der Waals surface area (Å²) in [5.74, 6) is -6.62. The summed E-state index contributed by atoms with van der Waals surface area (Å²) in [7, 11) is -3.68. The van der Waals surface area contributed by atoms with E-state index in [4.69, 9.17) is 9.26 Å². The summed E-state index contributed by atoms with van der Waals surface area (Å²) in [6, 6.07) is 3.54. The molecular weight excluding hydrogens is 506 g/mol. The molecule has 0 spiro atoms. The van der Waals surface area contributed by atoms with Gasteiger partial charge in [-0.3, -0.25) is 4.79 Å². The first-order chi connectivity index (χ1) is 16.6. The number of aromatic nitrogens is 2. The Morgan fingerprint density at radius 2 is 1.97 bits per heavy atom. The lowest BCUT2D eigenvalue weighted by molar-refractivity contribution is -0.0925. The van der Waals surface area contributed by atoms with E-state index >= 15 is 0 Å². The minimum Gasteiger partial charge on any atom is -0.484 e. The van der Waals surface area contributed by atoms with Crippen LogP contribution in [-0.2, 0) is 15.3 Å². The van der Waals surface area contributed by atoms with Gasteiger partial charge in [-0.05, 0) is 37.5 Å². The van der Waals surface area contributed by atoms with Gasteiger partial charge in [0.2, 0.25) is 11.8 Å². The van der Waals surface area contributed by atoms with Gasteiger partial charge in [-0.2, -0.15) is 4.98 Å². The Balaban J connectivity index is 1.38. The van der Waals surface area contributed by atoms with E-state index in [9.17, 15) is 30.8 Å². The lowest BCUT2D eigenvalue weighted by atomic mass is 9.81. The van der Waals surface area contributed by atoms with E-state index < -0.39 is 45.0 Å². The number of halogens is 4. The average Bonchev–Trinajstić information content (AvgIpc) is 3.11. The molecule has 1 aromatic heterocycles. The number of hydrogen-bond acceptors (Lipinski definition) is 7. The third kappa shape index (κ3) is 4.35. The molecule has 3 atom stereocenters. The minimum absolute atomic E-state index is 0.0103. The van der Waals surface area contributed by atoms with Crippen molar-refractivity contribution in [2.75, 3.05) is 19.3 Å². The molecule has 3 fully saturated rings. The molecule has 2 aliphatic carbocycles. The van der Waals surface area contributed by atoms with Gasteiger partial charge in [-0.15, -0.1) is 0 Å². The number of likely N-dealkylation sites (tertiary alicyclic amines) is 1. The summed E-state index contributed by atoms with van der Waals surface area (Å²) in [5.41, 5.74) is -0.723. The molecule has 0 radical (unpaired) electrons. The van der Waals surface area contributed by atoms with Gasteiger partial charge in [-0.25, -0.2) is 26.0 Å². The number of nitrogens with zero attached hydrogens (tertiary/aromatic N) is 3. The maximum Gasteiger partial charge on any atom is 0.281 e. The van der Waals surface area contributed by atoms with Crippen LogP contribution in [0.4, 0.5) is 17.6 Å². The van der Waals surface area contributed by atoms with Crippen LogP contribution in [0.1, 0.15) is 61.1 Å². The van der Waals surface area contributed by atoms with E-state index in [0.29, 0.717) is 25.7 Å². The number of carbonyl (C=O) groups is 1. The third-order valence-corrected chi connectivity index (χ3v) is 8.50. The van der Waals surface area contributed by atoms with E-state index in [1.807, 2.05) is 0 Å². The molecule has 2 aromatic rings. The van der Waals surface area contributed by atoms with Gasteiger partial charge in [0, 0.05) is 45.0 Å². The van der Waals surface area contributed by atoms with Crippen LogP contribution in [0.3, 0.4) is 0 Å². The summed E-state index contributed by atoms with van der Waals surface area (Å²) < 4.78 is 88.7. The molecule has 5 rings (SSSR count). The highest BCUT2D eigenvalue weighted by molar-refractivity contribution is 7.90. The largest absolute Gasteiger partial charge is 0.484 e. The molecule has 1 amide bonds. The van der Waals surface area contributed by atoms with E-state index in [1.54, 1.807) is 0 Å². The number of amides is 1. The Morgan fingerprint density at radius 1 is 1.28 bits per heavy atom. The van der Waals surface area contributed by atoms with Crippen LogP contribution >= 0.6 is 0 Å². The van der Waals surface area contributed by atoms with Gasteiger partial charge in [0.1, 0.15) is 5.75 Å². The van der Waals surface area contributed by atoms with E-state index in [-0.39, 0.29) is 47.4 Å². The summed E-state index contributed by atoms with van der Waals surface area (Å²) >= 11 is 0. The van der Waals surface area contributed by atoms with Crippen molar-refractivity contribution in [3.8, 4) is 5.75 Å². The van der Waals surface area contributed by atoms with Crippen molar-refractivity contribution in [2.45, 2.75) is 67.3 Å². The second-order valence-corrected chi connectivity index (χ2v) is 12.3. The zero-order valence-electron chi connectivity index (χ0n) is 19.8. The number of alkyl halides is 4. The van der Waals surface area contributed by atoms with Crippen LogP contribution in [0.2, 0.25) is 0 Å². The number of hydrogen-bond donors (Lipinski definition) is 0. The van der Waals surface area contributed by atoms with Gasteiger partial charge >= 0.3 is 0 Å². The molecule has 2 heterocycles. The van der Waals surface area contributed by atoms with Crippen molar-refractivity contribution in [3.63, 3.8) is 0 Å². The Kier molecular flexibility index (Phi) is 5.48. The fourth-order valence-corrected chi connectivity index (χ4v) is 5.54. The number of carbonyl (C=O) groups excluding carboxylic acids is 1. The second-order valence-electron chi connectivity index (χ2n) is 10.3. The first kappa shape index (κ1) is 25.0. The molecule has 36 heavy (non-hydrogen) atoms. The molecule has 13 heteroatoms. The monoisotopic (exact) mass is 531 g/mol. The number of rotatable bonds is 7. The molecule has 2 saturated carbocycles. The number of ether oxygens (including phenoxy) is 1. The highest BCUT2D eigenvalue weighted by Gasteiger charge is 2.65. The molecule has 1 saturated heterocycles. The van der Waals surface area contributed by atoms with Crippen molar-refractivity contribution in [3.05, 3.63) is 35.5 Å². The van der Waals surface area contributed by atoms with Crippen LogP contribution in [0.25, 0.3) is 0 Å². The molecule has 8 nitrogen and oxygen atoms in total. The highest BCUT2D eigenvalue weighted by Crippen LogP contribution is 2.59. The predicted molar refractivity (Wildman–Crippen MR) is 117 cm³/mol. The maximum atomic E-state index is 13.7. The van der Waals surface area contributed by atoms with Gasteiger partial charge in [0.15, 0.2) is 21.8 Å². The summed E-state index contributed by atoms with van der Waals surface area (Å²) in [6.07, 6.45) is -0.591. The fourth-order valence-electron chi connectivity index (χ4n) is 4.90. The van der Waals surface area contributed by atoms with Crippen molar-refractivity contribution >= 4 is 15.7 Å². The Morgan fingerprint density at radius 3 is 2.58 bits per heavy atom. The lowest BCUT2D eigenvalue weighted by Crippen LogP contribution is -2.35. The van der Waals surface area contributed by atoms with Crippen molar-refractivity contribution in [1.82, 2.24) is 15.0 Å². The summed E-state index contributed by atoms with van der Waals surface area (Å²) in [6.45, 7) is 2.35. The smallest absolute Gasteiger partial charge is 0.281 e. The molecule has 3 unspecified atom stereocenters. The van der Waals surface area contributed by atoms with Crippen LogP contribution in [0.5, 0.6) is 5.75 Å². The summed E-state index contributed by atoms with van der Waals surface area (Å²) in [4.78, 5) is 19.2. The number of fused-ring (bicyclic) bond motifs is 1. The second kappa shape index (κ2) is 7.90. The fraction of sp³-hybridized carbons (Fsp3) is 0.609. The summed E-state index contributed by atoms with van der Waals surface area (Å²) in [5, 5.41) is 4.00. The van der Waals surface area contributed by atoms with E-state index in [1.165, 1.54) is 17.0 Å². The van der Waals surface area contributed by atoms with Gasteiger partial charge in [-0.1, -0.05) is 5.16 Å². The van der Waals surface area contributed by atoms with E-state index in [0.717, 1.165) is 19.2 Å². The van der Waals surface area contributed by atoms with Crippen molar-refractivity contribution in [1.29, 1.82) is 0 Å². The average molecular weight is 532 g/mol. The van der Waals surface area contributed by atoms with Gasteiger partial charge < -0.3 is 14.2 Å². The van der Waals surface area contributed by atoms with Crippen LogP contribution in [-0.4, -0.2) is 66.7 Å². The molecular formula is C23H25F4N3O5S. The number of piperidine rings is 1. The van der Waals surface area contributed by atoms with Crippen molar-refractivity contribution in [2.24, 2.45) is 5.92 Å². The molecule has 3 aliphatic rings. The quantitative estimate of drug-likeness (QED) is 0.501. The molecule has 1 aromatic carbocycles. The SMILES string of the molecule is CC(Oc1ccc(S(C)(=O)=O)cc1C(=O)N1CC2CC2(c2noc(C3CC(F)(F)C3)n2)C1)C(C)(F)F. The normalized spacial score (nSPS) is 26.3. The topological polar surface area (TPSA) is 103 Å². The standard InChI is InChI=1S/C23H25F4N3O5S/c1-12(21(2,24)25)34-17-5-4-15(36(3,32)33)6-16(17)19(31)30-10-14-9-22(14,11-30)20-28-18(35-29-20)13-7-23(26,27)8-13/h4-6,12-14H,7-11H2,1-3H3. The molecule has 1 aliphatic heterocycles. The van der Waals surface area contributed by atoms with Crippen molar-refractivity contribution < 1.29 is 40.0 Å². The van der Waals surface area contributed by atoms with Crippen LogP contribution < -0.4 is 4.74 Å². The minimum atomic E-state index is -3.68. The lowest BCUT2D eigenvalue weighted by Gasteiger charge is -2.32. The number of benzene rings is 1. The number of sulfone groups is 1. The van der Waals surface area contributed by atoms with Crippen LogP contribution in [0, 0.1) is 5.92 Å². The molecule has 0 bridgehead atoms. The first-order valence-corrected chi connectivity index (χ1v) is 13.4. The van der Waals surface area contributed by atoms with Gasteiger partial charge in [0.05, 0.1) is 15.9 Å². The molecule has 196 valence electrons. The zero-order valence-corrected chi connectivity index (χ0v) is 20.6. The zero-order chi connectivity index (χ0) is 26.3. The maximum absolute atomic E-state index is 13.7. The van der Waals surface area contributed by atoms with Gasteiger partial charge in [0.25, 0.3) is 11.8 Å². The molecule has 0 N–H and O–H groups in total. The third-order valence-electron chi connectivity index (χ3n) is 7.39. The first-order valence-electron chi connectivity index (χ1n) is 11.5. The highest BCUT2D eigenvalue weighted by atomic mass is 32.2. The Hall–Kier alpha value is -2.70. The van der Waals surface area contributed by atoms with E-state index in [2.05, 4.69) is 10.1 Å². The Labute approximate surface area is 204 Å². The predicted octanol–water partition coefficient (Wildman–Crippen LogP) is 3.82. The van der Waals surface area contributed by atoms with Crippen LogP contribution in [0.15, 0.2) is 27.6 Å². The Bertz CT molecular complexity index is 1320.